The maximum atomic E-state index is 13.0. The predicted octanol–water partition coefficient (Wildman–Crippen LogP) is 2.79. The second-order valence-corrected chi connectivity index (χ2v) is 7.15. The number of benzene rings is 1. The van der Waals surface area contributed by atoms with E-state index in [-0.39, 0.29) is 12.2 Å². The number of halogens is 3. The summed E-state index contributed by atoms with van der Waals surface area (Å²) in [4.78, 5) is 16.4. The van der Waals surface area contributed by atoms with Crippen molar-refractivity contribution < 1.29 is 18.0 Å². The molecular weight excluding hydrogens is 391 g/mol. The van der Waals surface area contributed by atoms with E-state index in [1.165, 1.54) is 18.2 Å². The van der Waals surface area contributed by atoms with Crippen LogP contribution in [0.4, 0.5) is 18.9 Å². The van der Waals surface area contributed by atoms with Gasteiger partial charge in [0.1, 0.15) is 0 Å². The molecule has 152 valence electrons. The van der Waals surface area contributed by atoms with E-state index in [4.69, 9.17) is 12.2 Å². The minimum Gasteiger partial charge on any atom is -0.327 e. The molecule has 1 fully saturated rings. The Bertz CT molecular complexity index is 884. The number of rotatable bonds is 5. The number of para-hydroxylation sites is 1. The first kappa shape index (κ1) is 20.6. The number of nitrogens with zero attached hydrogens (tertiary/aromatic N) is 4. The number of aryl methyl sites for hydroxylation is 1. The van der Waals surface area contributed by atoms with Crippen LogP contribution in [0.3, 0.4) is 0 Å². The van der Waals surface area contributed by atoms with Crippen molar-refractivity contribution in [3.8, 4) is 0 Å². The maximum Gasteiger partial charge on any atom is 0.418 e. The Labute approximate surface area is 166 Å². The minimum atomic E-state index is -4.51. The maximum absolute atomic E-state index is 13.0. The van der Waals surface area contributed by atoms with Crippen LogP contribution in [0.5, 0.6) is 0 Å². The van der Waals surface area contributed by atoms with E-state index < -0.39 is 17.6 Å². The fourth-order valence-electron chi connectivity index (χ4n) is 3.15. The topological polar surface area (TPSA) is 45.4 Å². The number of aromatic nitrogens is 2. The highest BCUT2D eigenvalue weighted by atomic mass is 32.1. The molecule has 6 nitrogen and oxygen atoms in total. The van der Waals surface area contributed by atoms with Crippen molar-refractivity contribution in [3.63, 3.8) is 0 Å². The Hall–Kier alpha value is -2.17. The minimum absolute atomic E-state index is 0.0603. The molecule has 1 saturated heterocycles. The van der Waals surface area contributed by atoms with Gasteiger partial charge in [-0.1, -0.05) is 12.1 Å². The summed E-state index contributed by atoms with van der Waals surface area (Å²) in [5, 5.41) is 2.39. The van der Waals surface area contributed by atoms with Crippen LogP contribution in [-0.2, 0) is 24.7 Å². The summed E-state index contributed by atoms with van der Waals surface area (Å²) in [5.74, 6) is -0.449. The standard InChI is InChI=1S/C18H22F3N5OS/c1-23-6-11-26(17(23)28)13-25-9-7-24(8-10-25)12-16(27)22-15-5-3-2-4-14(15)18(19,20)21/h2-6,11H,7-10,12-13H2,1H3,(H,22,27). The molecule has 1 aromatic carbocycles. The molecule has 10 heteroatoms. The third-order valence-corrected chi connectivity index (χ3v) is 5.23. The van der Waals surface area contributed by atoms with Crippen LogP contribution in [0, 0.1) is 4.77 Å². The zero-order valence-corrected chi connectivity index (χ0v) is 16.3. The number of amides is 1. The largest absolute Gasteiger partial charge is 0.418 e. The van der Waals surface area contributed by atoms with Crippen LogP contribution in [0.25, 0.3) is 0 Å². The molecular formula is C18H22F3N5OS. The van der Waals surface area contributed by atoms with Crippen molar-refractivity contribution in [2.24, 2.45) is 7.05 Å². The number of hydrogen-bond donors (Lipinski definition) is 1. The Morgan fingerprint density at radius 2 is 1.75 bits per heavy atom. The summed E-state index contributed by atoms with van der Waals surface area (Å²) in [6.45, 7) is 3.57. The molecule has 2 heterocycles. The van der Waals surface area contributed by atoms with Crippen LogP contribution >= 0.6 is 12.2 Å². The zero-order chi connectivity index (χ0) is 20.3. The van der Waals surface area contributed by atoms with Crippen LogP contribution in [0.1, 0.15) is 5.56 Å². The first-order chi connectivity index (χ1) is 13.2. The summed E-state index contributed by atoms with van der Waals surface area (Å²) in [6, 6.07) is 5.00. The highest BCUT2D eigenvalue weighted by Crippen LogP contribution is 2.34. The van der Waals surface area contributed by atoms with Crippen molar-refractivity contribution in [1.29, 1.82) is 0 Å². The summed E-state index contributed by atoms with van der Waals surface area (Å²) >= 11 is 5.33. The Balaban J connectivity index is 1.51. The summed E-state index contributed by atoms with van der Waals surface area (Å²) in [7, 11) is 1.90. The zero-order valence-electron chi connectivity index (χ0n) is 15.4. The number of nitrogens with one attached hydrogen (secondary N) is 1. The first-order valence-electron chi connectivity index (χ1n) is 8.86. The van der Waals surface area contributed by atoms with Crippen molar-refractivity contribution in [1.82, 2.24) is 18.9 Å². The lowest BCUT2D eigenvalue weighted by Crippen LogP contribution is -2.48. The van der Waals surface area contributed by atoms with E-state index in [0.29, 0.717) is 19.8 Å². The van der Waals surface area contributed by atoms with Crippen molar-refractivity contribution >= 4 is 23.8 Å². The van der Waals surface area contributed by atoms with Crippen LogP contribution < -0.4 is 5.32 Å². The van der Waals surface area contributed by atoms with E-state index in [1.807, 2.05) is 33.5 Å². The van der Waals surface area contributed by atoms with E-state index in [9.17, 15) is 18.0 Å². The molecule has 2 aromatic rings. The van der Waals surface area contributed by atoms with Gasteiger partial charge in [0.2, 0.25) is 5.91 Å². The molecule has 0 aliphatic carbocycles. The lowest BCUT2D eigenvalue weighted by Gasteiger charge is -2.34. The molecule has 0 saturated carbocycles. The molecule has 0 atom stereocenters. The summed E-state index contributed by atoms with van der Waals surface area (Å²) in [5.41, 5.74) is -1.05. The summed E-state index contributed by atoms with van der Waals surface area (Å²) in [6.07, 6.45) is -0.671. The number of piperazine rings is 1. The van der Waals surface area contributed by atoms with E-state index in [0.717, 1.165) is 23.9 Å². The van der Waals surface area contributed by atoms with Crippen LogP contribution in [0.15, 0.2) is 36.7 Å². The Morgan fingerprint density at radius 3 is 2.36 bits per heavy atom. The van der Waals surface area contributed by atoms with E-state index in [1.54, 1.807) is 0 Å². The third-order valence-electron chi connectivity index (χ3n) is 4.71. The van der Waals surface area contributed by atoms with E-state index >= 15 is 0 Å². The lowest BCUT2D eigenvalue weighted by atomic mass is 10.1. The normalized spacial score (nSPS) is 16.3. The number of hydrogen-bond acceptors (Lipinski definition) is 4. The van der Waals surface area contributed by atoms with Gasteiger partial charge in [0.25, 0.3) is 0 Å². The van der Waals surface area contributed by atoms with Gasteiger partial charge in [0, 0.05) is 45.6 Å². The molecule has 0 bridgehead atoms. The average molecular weight is 413 g/mol. The van der Waals surface area contributed by atoms with Gasteiger partial charge in [-0.25, -0.2) is 0 Å². The van der Waals surface area contributed by atoms with Crippen LogP contribution in [0.2, 0.25) is 0 Å². The molecule has 3 rings (SSSR count). The second kappa shape index (κ2) is 8.46. The van der Waals surface area contributed by atoms with Gasteiger partial charge in [-0.05, 0) is 24.4 Å². The Kier molecular flexibility index (Phi) is 6.21. The van der Waals surface area contributed by atoms with Gasteiger partial charge >= 0.3 is 6.18 Å². The fraction of sp³-hybridized carbons (Fsp3) is 0.444. The quantitative estimate of drug-likeness (QED) is 0.766. The molecule has 0 radical (unpaired) electrons. The molecule has 28 heavy (non-hydrogen) atoms. The fourth-order valence-corrected chi connectivity index (χ4v) is 3.33. The van der Waals surface area contributed by atoms with Crippen molar-refractivity contribution in [3.05, 3.63) is 47.0 Å². The van der Waals surface area contributed by atoms with Gasteiger partial charge < -0.3 is 14.5 Å². The number of carbonyl (C=O) groups is 1. The van der Waals surface area contributed by atoms with E-state index in [2.05, 4.69) is 10.2 Å². The number of imidazole rings is 1. The molecule has 0 spiro atoms. The van der Waals surface area contributed by atoms with Gasteiger partial charge in [-0.3, -0.25) is 14.6 Å². The van der Waals surface area contributed by atoms with Crippen molar-refractivity contribution in [2.45, 2.75) is 12.8 Å². The van der Waals surface area contributed by atoms with Gasteiger partial charge in [0.15, 0.2) is 4.77 Å². The average Bonchev–Trinajstić information content (AvgIpc) is 2.95. The monoisotopic (exact) mass is 413 g/mol. The Morgan fingerprint density at radius 1 is 1.11 bits per heavy atom. The van der Waals surface area contributed by atoms with Gasteiger partial charge in [0.05, 0.1) is 24.5 Å². The summed E-state index contributed by atoms with van der Waals surface area (Å²) < 4.78 is 43.7. The van der Waals surface area contributed by atoms with Crippen molar-refractivity contribution in [2.75, 3.05) is 38.0 Å². The highest BCUT2D eigenvalue weighted by Gasteiger charge is 2.33. The predicted molar refractivity (Wildman–Crippen MR) is 102 cm³/mol. The molecule has 1 amide bonds. The number of alkyl halides is 3. The second-order valence-electron chi connectivity index (χ2n) is 6.79. The smallest absolute Gasteiger partial charge is 0.327 e. The lowest BCUT2D eigenvalue weighted by molar-refractivity contribution is -0.137. The number of anilines is 1. The van der Waals surface area contributed by atoms with Crippen LogP contribution in [-0.4, -0.2) is 57.6 Å². The highest BCUT2D eigenvalue weighted by molar-refractivity contribution is 7.71. The SMILES string of the molecule is Cn1ccn(CN2CCN(CC(=O)Nc3ccccc3C(F)(F)F)CC2)c1=S. The molecule has 0 unspecified atom stereocenters. The molecule has 1 aromatic heterocycles. The first-order valence-corrected chi connectivity index (χ1v) is 9.27. The molecule has 1 aliphatic rings. The van der Waals surface area contributed by atoms with Gasteiger partial charge in [-0.15, -0.1) is 0 Å². The molecule has 1 aliphatic heterocycles. The number of carbonyl (C=O) groups excluding carboxylic acids is 1. The molecule has 1 N–H and O–H groups in total. The third kappa shape index (κ3) is 5.00. The van der Waals surface area contributed by atoms with Gasteiger partial charge in [-0.2, -0.15) is 13.2 Å².